The van der Waals surface area contributed by atoms with Crippen LogP contribution in [0.3, 0.4) is 0 Å². The number of rotatable bonds is 3. The molecule has 0 heterocycles. The largest absolute Gasteiger partial charge is 0.445 e. The molecule has 0 radical (unpaired) electrons. The van der Waals surface area contributed by atoms with Crippen LogP contribution in [0.2, 0.25) is 5.02 Å². The molecule has 130 valence electrons. The zero-order valence-electron chi connectivity index (χ0n) is 12.9. The van der Waals surface area contributed by atoms with Crippen molar-refractivity contribution in [3.63, 3.8) is 0 Å². The molecule has 0 bridgehead atoms. The van der Waals surface area contributed by atoms with Crippen LogP contribution < -0.4 is 5.32 Å². The van der Waals surface area contributed by atoms with Crippen molar-refractivity contribution in [3.8, 4) is 11.8 Å². The first-order valence-electron chi connectivity index (χ1n) is 7.16. The van der Waals surface area contributed by atoms with E-state index in [9.17, 15) is 18.0 Å². The highest BCUT2D eigenvalue weighted by molar-refractivity contribution is 6.31. The van der Waals surface area contributed by atoms with Crippen molar-refractivity contribution in [1.29, 1.82) is 0 Å². The van der Waals surface area contributed by atoms with Crippen LogP contribution in [-0.2, 0) is 17.5 Å². The first-order chi connectivity index (χ1) is 11.9. The molecule has 25 heavy (non-hydrogen) atoms. The van der Waals surface area contributed by atoms with Crippen molar-refractivity contribution in [2.24, 2.45) is 0 Å². The Bertz CT molecular complexity index is 795. The minimum atomic E-state index is -4.46. The average Bonchev–Trinajstić information content (AvgIpc) is 2.58. The van der Waals surface area contributed by atoms with Gasteiger partial charge >= 0.3 is 12.3 Å². The van der Waals surface area contributed by atoms with E-state index in [0.29, 0.717) is 0 Å². The Morgan fingerprint density at radius 1 is 1.16 bits per heavy atom. The van der Waals surface area contributed by atoms with Gasteiger partial charge in [0.15, 0.2) is 0 Å². The Morgan fingerprint density at radius 2 is 1.88 bits per heavy atom. The summed E-state index contributed by atoms with van der Waals surface area (Å²) in [4.78, 5) is 11.5. The van der Waals surface area contributed by atoms with Gasteiger partial charge in [-0.25, -0.2) is 4.79 Å². The molecule has 0 aromatic heterocycles. The number of hydrogen-bond donors (Lipinski definition) is 1. The molecule has 0 atom stereocenters. The third kappa shape index (κ3) is 6.05. The molecule has 7 heteroatoms. The Kier molecular flexibility index (Phi) is 6.31. The van der Waals surface area contributed by atoms with Crippen molar-refractivity contribution >= 4 is 17.7 Å². The molecule has 0 saturated heterocycles. The first-order valence-corrected chi connectivity index (χ1v) is 7.54. The van der Waals surface area contributed by atoms with Gasteiger partial charge in [-0.3, -0.25) is 0 Å². The fourth-order valence-electron chi connectivity index (χ4n) is 1.82. The summed E-state index contributed by atoms with van der Waals surface area (Å²) in [5.41, 5.74) is 0.250. The number of hydrogen-bond acceptors (Lipinski definition) is 2. The number of alkyl carbamates (subject to hydrolysis) is 1. The summed E-state index contributed by atoms with van der Waals surface area (Å²) in [6, 6.07) is 12.0. The predicted octanol–water partition coefficient (Wildman–Crippen LogP) is 4.64. The molecule has 0 aliphatic rings. The standard InChI is InChI=1S/C18H13ClF3NO2/c19-16-11-15(18(20,21)22)9-8-14(16)7-4-10-23-17(24)25-12-13-5-2-1-3-6-13/h1-3,5-6,8-9,11H,10,12H2,(H,23,24). The normalized spacial score (nSPS) is 10.6. The van der Waals surface area contributed by atoms with Gasteiger partial charge < -0.3 is 10.1 Å². The lowest BCUT2D eigenvalue weighted by molar-refractivity contribution is -0.137. The molecule has 3 nitrogen and oxygen atoms in total. The average molecular weight is 368 g/mol. The molecule has 2 aromatic carbocycles. The van der Waals surface area contributed by atoms with Gasteiger partial charge in [0.25, 0.3) is 0 Å². The number of amides is 1. The topological polar surface area (TPSA) is 38.3 Å². The molecule has 0 aliphatic carbocycles. The minimum Gasteiger partial charge on any atom is -0.445 e. The second kappa shape index (κ2) is 8.45. The van der Waals surface area contributed by atoms with Gasteiger partial charge in [-0.2, -0.15) is 13.2 Å². The second-order valence-electron chi connectivity index (χ2n) is 4.91. The van der Waals surface area contributed by atoms with Crippen LogP contribution in [0, 0.1) is 11.8 Å². The lowest BCUT2D eigenvalue weighted by Crippen LogP contribution is -2.24. The van der Waals surface area contributed by atoms with Crippen LogP contribution in [0.1, 0.15) is 16.7 Å². The van der Waals surface area contributed by atoms with Crippen molar-refractivity contribution < 1.29 is 22.7 Å². The van der Waals surface area contributed by atoms with Gasteiger partial charge in [0.1, 0.15) is 6.61 Å². The molecule has 0 aliphatic heterocycles. The summed E-state index contributed by atoms with van der Waals surface area (Å²) in [6.07, 6.45) is -5.10. The maximum Gasteiger partial charge on any atom is 0.416 e. The van der Waals surface area contributed by atoms with E-state index in [1.54, 1.807) is 0 Å². The van der Waals surface area contributed by atoms with Crippen molar-refractivity contribution in [3.05, 3.63) is 70.2 Å². The van der Waals surface area contributed by atoms with Crippen LogP contribution in [0.4, 0.5) is 18.0 Å². The van der Waals surface area contributed by atoms with E-state index in [-0.39, 0.29) is 23.7 Å². The summed E-state index contributed by atoms with van der Waals surface area (Å²) in [6.45, 7) is 0.107. The Balaban J connectivity index is 1.83. The quantitative estimate of drug-likeness (QED) is 0.803. The monoisotopic (exact) mass is 367 g/mol. The summed E-state index contributed by atoms with van der Waals surface area (Å²) in [7, 11) is 0. The molecule has 2 rings (SSSR count). The number of halogens is 4. The van der Waals surface area contributed by atoms with Gasteiger partial charge in [-0.1, -0.05) is 53.8 Å². The maximum atomic E-state index is 12.5. The first kappa shape index (κ1) is 18.7. The lowest BCUT2D eigenvalue weighted by Gasteiger charge is -2.07. The fraction of sp³-hybridized carbons (Fsp3) is 0.167. The predicted molar refractivity (Wildman–Crippen MR) is 88.0 cm³/mol. The van der Waals surface area contributed by atoms with Gasteiger partial charge in [0.05, 0.1) is 17.1 Å². The van der Waals surface area contributed by atoms with Crippen LogP contribution >= 0.6 is 11.6 Å². The van der Waals surface area contributed by atoms with E-state index < -0.39 is 17.8 Å². The molecule has 2 aromatic rings. The van der Waals surface area contributed by atoms with Gasteiger partial charge in [0.2, 0.25) is 0 Å². The summed E-state index contributed by atoms with van der Waals surface area (Å²) in [5, 5.41) is 2.32. The number of alkyl halides is 3. The second-order valence-corrected chi connectivity index (χ2v) is 5.32. The van der Waals surface area contributed by atoms with E-state index in [4.69, 9.17) is 16.3 Å². The maximum absolute atomic E-state index is 12.5. The minimum absolute atomic E-state index is 0.0228. The molecule has 0 saturated carbocycles. The van der Waals surface area contributed by atoms with E-state index in [1.165, 1.54) is 6.07 Å². The Morgan fingerprint density at radius 3 is 2.52 bits per heavy atom. The van der Waals surface area contributed by atoms with Crippen LogP contribution in [0.25, 0.3) is 0 Å². The Hall–Kier alpha value is -2.65. The van der Waals surface area contributed by atoms with Crippen LogP contribution in [0.5, 0.6) is 0 Å². The van der Waals surface area contributed by atoms with Crippen molar-refractivity contribution in [2.75, 3.05) is 6.54 Å². The molecular formula is C18H13ClF3NO2. The van der Waals surface area contributed by atoms with Crippen LogP contribution in [-0.4, -0.2) is 12.6 Å². The Labute approximate surface area is 147 Å². The smallest absolute Gasteiger partial charge is 0.416 e. The number of carbonyl (C=O) groups excluding carboxylic acids is 1. The van der Waals surface area contributed by atoms with Gasteiger partial charge in [-0.05, 0) is 23.8 Å². The highest BCUT2D eigenvalue weighted by Gasteiger charge is 2.30. The lowest BCUT2D eigenvalue weighted by atomic mass is 10.1. The van der Waals surface area contributed by atoms with Crippen molar-refractivity contribution in [2.45, 2.75) is 12.8 Å². The molecule has 1 amide bonds. The zero-order valence-corrected chi connectivity index (χ0v) is 13.6. The highest BCUT2D eigenvalue weighted by Crippen LogP contribution is 2.31. The SMILES string of the molecule is O=C(NCC#Cc1ccc(C(F)(F)F)cc1Cl)OCc1ccccc1. The third-order valence-electron chi connectivity index (χ3n) is 3.05. The summed E-state index contributed by atoms with van der Waals surface area (Å²) < 4.78 is 42.6. The van der Waals surface area contributed by atoms with Gasteiger partial charge in [-0.15, -0.1) is 0 Å². The third-order valence-corrected chi connectivity index (χ3v) is 3.37. The zero-order chi connectivity index (χ0) is 18.3. The molecule has 0 fully saturated rings. The van der Waals surface area contributed by atoms with Crippen LogP contribution in [0.15, 0.2) is 48.5 Å². The van der Waals surface area contributed by atoms with Gasteiger partial charge in [0, 0.05) is 5.56 Å². The van der Waals surface area contributed by atoms with E-state index in [2.05, 4.69) is 17.2 Å². The molecule has 0 unspecified atom stereocenters. The van der Waals surface area contributed by atoms with Crippen molar-refractivity contribution in [1.82, 2.24) is 5.32 Å². The van der Waals surface area contributed by atoms with E-state index in [0.717, 1.165) is 17.7 Å². The molecule has 0 spiro atoms. The number of ether oxygens (including phenoxy) is 1. The van der Waals surface area contributed by atoms with E-state index in [1.807, 2.05) is 30.3 Å². The fourth-order valence-corrected chi connectivity index (χ4v) is 2.05. The summed E-state index contributed by atoms with van der Waals surface area (Å²) in [5.74, 6) is 5.20. The molecular weight excluding hydrogens is 355 g/mol. The van der Waals surface area contributed by atoms with E-state index >= 15 is 0 Å². The molecule has 1 N–H and O–H groups in total. The number of carbonyl (C=O) groups is 1. The number of nitrogens with one attached hydrogen (secondary N) is 1. The summed E-state index contributed by atoms with van der Waals surface area (Å²) >= 11 is 5.78. The highest BCUT2D eigenvalue weighted by atomic mass is 35.5. The number of benzene rings is 2.